The van der Waals surface area contributed by atoms with Crippen molar-refractivity contribution in [1.29, 1.82) is 0 Å². The lowest BCUT2D eigenvalue weighted by molar-refractivity contribution is -0.122. The summed E-state index contributed by atoms with van der Waals surface area (Å²) < 4.78 is 23.6. The summed E-state index contributed by atoms with van der Waals surface area (Å²) in [6, 6.07) is 0. The van der Waals surface area contributed by atoms with Gasteiger partial charge in [0.05, 0.1) is 5.75 Å². The zero-order chi connectivity index (χ0) is 13.1. The molecule has 1 amide bonds. The lowest BCUT2D eigenvalue weighted by Crippen LogP contribution is -2.51. The lowest BCUT2D eigenvalue weighted by Gasteiger charge is -2.29. The molecular formula is C11H20ClNO3S. The van der Waals surface area contributed by atoms with E-state index in [1.54, 1.807) is 0 Å². The second-order valence-electron chi connectivity index (χ2n) is 5.16. The molecule has 1 unspecified atom stereocenters. The standard InChI is InChI=1S/C11H20ClNO3S/c1-11(2,6-7-12)13-10(14)9-5-3-4-8-17(9,15)16/h9H,3-8H2,1-2H3,(H,13,14). The number of alkyl halides is 1. The monoisotopic (exact) mass is 281 g/mol. The normalized spacial score (nSPS) is 24.3. The fourth-order valence-corrected chi connectivity index (χ4v) is 4.24. The highest BCUT2D eigenvalue weighted by Crippen LogP contribution is 2.21. The molecule has 0 bridgehead atoms. The van der Waals surface area contributed by atoms with Gasteiger partial charge in [0.25, 0.3) is 0 Å². The molecule has 100 valence electrons. The van der Waals surface area contributed by atoms with Gasteiger partial charge in [-0.15, -0.1) is 11.6 Å². The summed E-state index contributed by atoms with van der Waals surface area (Å²) in [5.74, 6) is 0.186. The van der Waals surface area contributed by atoms with Crippen LogP contribution in [-0.4, -0.2) is 36.7 Å². The van der Waals surface area contributed by atoms with Crippen molar-refractivity contribution >= 4 is 27.3 Å². The van der Waals surface area contributed by atoms with E-state index in [2.05, 4.69) is 5.32 Å². The first-order valence-corrected chi connectivity index (χ1v) is 8.13. The van der Waals surface area contributed by atoms with Gasteiger partial charge in [-0.1, -0.05) is 6.42 Å². The Balaban J connectivity index is 2.70. The molecule has 17 heavy (non-hydrogen) atoms. The molecule has 1 heterocycles. The van der Waals surface area contributed by atoms with Crippen molar-refractivity contribution in [2.75, 3.05) is 11.6 Å². The molecule has 1 rings (SSSR count). The maximum atomic E-state index is 12.0. The van der Waals surface area contributed by atoms with Gasteiger partial charge < -0.3 is 5.32 Å². The van der Waals surface area contributed by atoms with Crippen LogP contribution in [0, 0.1) is 0 Å². The Kier molecular flexibility index (Phi) is 4.84. The molecule has 6 heteroatoms. The second kappa shape index (κ2) is 5.57. The lowest BCUT2D eigenvalue weighted by atomic mass is 10.0. The van der Waals surface area contributed by atoms with Gasteiger partial charge in [-0.3, -0.25) is 4.79 Å². The Morgan fingerprint density at radius 3 is 2.59 bits per heavy atom. The van der Waals surface area contributed by atoms with Gasteiger partial charge in [-0.05, 0) is 33.1 Å². The first kappa shape index (κ1) is 14.8. The Morgan fingerprint density at radius 2 is 2.06 bits per heavy atom. The van der Waals surface area contributed by atoms with Crippen LogP contribution in [0.2, 0.25) is 0 Å². The molecule has 4 nitrogen and oxygen atoms in total. The van der Waals surface area contributed by atoms with Gasteiger partial charge in [0.1, 0.15) is 5.25 Å². The second-order valence-corrected chi connectivity index (χ2v) is 7.84. The maximum Gasteiger partial charge on any atom is 0.238 e. The number of halogens is 1. The smallest absolute Gasteiger partial charge is 0.238 e. The quantitative estimate of drug-likeness (QED) is 0.794. The first-order valence-electron chi connectivity index (χ1n) is 5.88. The molecule has 0 radical (unpaired) electrons. The van der Waals surface area contributed by atoms with Crippen LogP contribution in [0.3, 0.4) is 0 Å². The van der Waals surface area contributed by atoms with Crippen molar-refractivity contribution in [2.45, 2.75) is 50.3 Å². The molecule has 0 spiro atoms. The number of carbonyl (C=O) groups excluding carboxylic acids is 1. The van der Waals surface area contributed by atoms with Crippen LogP contribution in [0.4, 0.5) is 0 Å². The number of hydrogen-bond acceptors (Lipinski definition) is 3. The molecule has 0 aliphatic carbocycles. The molecule has 0 saturated carbocycles. The maximum absolute atomic E-state index is 12.0. The number of sulfone groups is 1. The van der Waals surface area contributed by atoms with Gasteiger partial charge in [0.15, 0.2) is 9.84 Å². The number of amides is 1. The van der Waals surface area contributed by atoms with Gasteiger partial charge in [0, 0.05) is 11.4 Å². The third-order valence-electron chi connectivity index (χ3n) is 3.05. The summed E-state index contributed by atoms with van der Waals surface area (Å²) in [5, 5.41) is 1.91. The third-order valence-corrected chi connectivity index (χ3v) is 5.42. The highest BCUT2D eigenvalue weighted by molar-refractivity contribution is 7.92. The van der Waals surface area contributed by atoms with E-state index < -0.39 is 20.6 Å². The summed E-state index contributed by atoms with van der Waals surface area (Å²) in [6.07, 6.45) is 2.52. The summed E-state index contributed by atoms with van der Waals surface area (Å²) in [4.78, 5) is 12.0. The van der Waals surface area contributed by atoms with Crippen molar-refractivity contribution in [2.24, 2.45) is 0 Å². The summed E-state index contributed by atoms with van der Waals surface area (Å²) >= 11 is 5.64. The highest BCUT2D eigenvalue weighted by atomic mass is 35.5. The van der Waals surface area contributed by atoms with Crippen molar-refractivity contribution in [3.63, 3.8) is 0 Å². The van der Waals surface area contributed by atoms with E-state index in [9.17, 15) is 13.2 Å². The number of nitrogens with one attached hydrogen (secondary N) is 1. The number of hydrogen-bond donors (Lipinski definition) is 1. The highest BCUT2D eigenvalue weighted by Gasteiger charge is 2.36. The largest absolute Gasteiger partial charge is 0.350 e. The topological polar surface area (TPSA) is 63.2 Å². The van der Waals surface area contributed by atoms with Gasteiger partial charge in [-0.25, -0.2) is 8.42 Å². The van der Waals surface area contributed by atoms with Crippen molar-refractivity contribution in [3.05, 3.63) is 0 Å². The van der Waals surface area contributed by atoms with Crippen molar-refractivity contribution in [1.82, 2.24) is 5.32 Å². The zero-order valence-corrected chi connectivity index (χ0v) is 11.9. The summed E-state index contributed by atoms with van der Waals surface area (Å²) in [5.41, 5.74) is -0.453. The molecule has 0 aromatic rings. The van der Waals surface area contributed by atoms with E-state index in [-0.39, 0.29) is 11.7 Å². The third kappa shape index (κ3) is 4.14. The zero-order valence-electron chi connectivity index (χ0n) is 10.3. The van der Waals surface area contributed by atoms with Gasteiger partial charge in [-0.2, -0.15) is 0 Å². The first-order chi connectivity index (χ1) is 7.78. The Hall–Kier alpha value is -0.290. The fraction of sp³-hybridized carbons (Fsp3) is 0.909. The minimum absolute atomic E-state index is 0.126. The summed E-state index contributed by atoms with van der Waals surface area (Å²) in [6.45, 7) is 3.70. The van der Waals surface area contributed by atoms with E-state index in [0.29, 0.717) is 25.1 Å². The van der Waals surface area contributed by atoms with E-state index in [1.807, 2.05) is 13.8 Å². The van der Waals surface area contributed by atoms with Crippen molar-refractivity contribution < 1.29 is 13.2 Å². The number of rotatable bonds is 4. The average Bonchev–Trinajstić information content (AvgIpc) is 2.15. The van der Waals surface area contributed by atoms with E-state index >= 15 is 0 Å². The molecule has 1 N–H and O–H groups in total. The predicted octanol–water partition coefficient (Wildman–Crippen LogP) is 1.48. The van der Waals surface area contributed by atoms with Crippen LogP contribution in [0.1, 0.15) is 39.5 Å². The van der Waals surface area contributed by atoms with Crippen LogP contribution in [0.5, 0.6) is 0 Å². The van der Waals surface area contributed by atoms with Gasteiger partial charge >= 0.3 is 0 Å². The van der Waals surface area contributed by atoms with Crippen LogP contribution < -0.4 is 5.32 Å². The van der Waals surface area contributed by atoms with Gasteiger partial charge in [0.2, 0.25) is 5.91 Å². The minimum atomic E-state index is -3.26. The van der Waals surface area contributed by atoms with E-state index in [0.717, 1.165) is 6.42 Å². The molecule has 1 saturated heterocycles. The molecule has 0 aromatic heterocycles. The van der Waals surface area contributed by atoms with Crippen LogP contribution in [-0.2, 0) is 14.6 Å². The van der Waals surface area contributed by atoms with E-state index in [1.165, 1.54) is 0 Å². The van der Waals surface area contributed by atoms with Crippen LogP contribution in [0.25, 0.3) is 0 Å². The molecule has 1 aliphatic rings. The Morgan fingerprint density at radius 1 is 1.41 bits per heavy atom. The average molecular weight is 282 g/mol. The molecule has 0 aromatic carbocycles. The Labute approximate surface area is 108 Å². The van der Waals surface area contributed by atoms with Crippen LogP contribution >= 0.6 is 11.6 Å². The molecule has 1 fully saturated rings. The fourth-order valence-electron chi connectivity index (χ4n) is 1.96. The minimum Gasteiger partial charge on any atom is -0.350 e. The number of carbonyl (C=O) groups is 1. The Bertz CT molecular complexity index is 378. The van der Waals surface area contributed by atoms with E-state index in [4.69, 9.17) is 11.6 Å². The van der Waals surface area contributed by atoms with Crippen molar-refractivity contribution in [3.8, 4) is 0 Å². The predicted molar refractivity (Wildman–Crippen MR) is 69.0 cm³/mol. The SMILES string of the molecule is CC(C)(CCCl)NC(=O)C1CCCCS1(=O)=O. The molecular weight excluding hydrogens is 262 g/mol. The molecule has 1 atom stereocenters. The summed E-state index contributed by atoms with van der Waals surface area (Å²) in [7, 11) is -3.26. The van der Waals surface area contributed by atoms with Crippen LogP contribution in [0.15, 0.2) is 0 Å². The molecule has 1 aliphatic heterocycles.